The van der Waals surface area contributed by atoms with Crippen molar-refractivity contribution < 1.29 is 0 Å². The molecule has 1 unspecified atom stereocenters. The molecule has 9 rings (SSSR count). The maximum Gasteiger partial charge on any atom is 0.164 e. The predicted octanol–water partition coefficient (Wildman–Crippen LogP) is 10.2. The van der Waals surface area contributed by atoms with Crippen molar-refractivity contribution in [1.29, 1.82) is 0 Å². The molecule has 4 nitrogen and oxygen atoms in total. The van der Waals surface area contributed by atoms with E-state index in [2.05, 4.69) is 102 Å². The normalized spacial score (nSPS) is 16.5. The van der Waals surface area contributed by atoms with Crippen LogP contribution in [0, 0.1) is 0 Å². The first-order valence-corrected chi connectivity index (χ1v) is 16.8. The van der Waals surface area contributed by atoms with Gasteiger partial charge in [-0.15, -0.1) is 0 Å². The molecule has 49 heavy (non-hydrogen) atoms. The van der Waals surface area contributed by atoms with Crippen LogP contribution in [0.3, 0.4) is 0 Å². The van der Waals surface area contributed by atoms with Crippen molar-refractivity contribution in [1.82, 2.24) is 19.9 Å². The fraction of sp³-hybridized carbons (Fsp3) is 0.0667. The Morgan fingerprint density at radius 3 is 1.71 bits per heavy atom. The summed E-state index contributed by atoms with van der Waals surface area (Å²) in [6.45, 7) is 0. The molecule has 2 aromatic heterocycles. The van der Waals surface area contributed by atoms with Gasteiger partial charge in [-0.25, -0.2) is 15.0 Å². The highest BCUT2D eigenvalue weighted by Crippen LogP contribution is 2.58. The van der Waals surface area contributed by atoms with E-state index in [1.54, 1.807) is 0 Å². The van der Waals surface area contributed by atoms with Crippen molar-refractivity contribution in [3.63, 3.8) is 0 Å². The maximum atomic E-state index is 5.01. The van der Waals surface area contributed by atoms with E-state index < -0.39 is 5.41 Å². The molecule has 0 amide bonds. The molecule has 0 saturated carbocycles. The van der Waals surface area contributed by atoms with E-state index in [1.165, 1.54) is 44.5 Å². The maximum absolute atomic E-state index is 5.01. The zero-order chi connectivity index (χ0) is 32.6. The van der Waals surface area contributed by atoms with Crippen molar-refractivity contribution in [2.75, 3.05) is 0 Å². The summed E-state index contributed by atoms with van der Waals surface area (Å²) in [5.74, 6) is 1.98. The summed E-state index contributed by atoms with van der Waals surface area (Å²) in [5.41, 5.74) is 12.7. The lowest BCUT2D eigenvalue weighted by atomic mass is 9.66. The second kappa shape index (κ2) is 12.1. The van der Waals surface area contributed by atoms with Crippen molar-refractivity contribution in [3.8, 4) is 34.2 Å². The Hall–Kier alpha value is -6.26. The van der Waals surface area contributed by atoms with Crippen LogP contribution < -0.4 is 0 Å². The third-order valence-electron chi connectivity index (χ3n) is 9.84. The summed E-state index contributed by atoms with van der Waals surface area (Å²) in [6, 6.07) is 53.1. The number of aromatic nitrogens is 4. The lowest BCUT2D eigenvalue weighted by molar-refractivity contribution is 0.752. The molecule has 2 aliphatic rings. The molecule has 2 aliphatic carbocycles. The van der Waals surface area contributed by atoms with Crippen molar-refractivity contribution in [2.24, 2.45) is 0 Å². The quantitative estimate of drug-likeness (QED) is 0.184. The minimum absolute atomic E-state index is 0.464. The average molecular weight is 629 g/mol. The van der Waals surface area contributed by atoms with Crippen LogP contribution in [0.4, 0.5) is 0 Å². The zero-order valence-corrected chi connectivity index (χ0v) is 26.9. The molecule has 0 bridgehead atoms. The number of benzene rings is 5. The number of nitrogens with zero attached hydrogens (tertiary/aromatic N) is 4. The first-order valence-electron chi connectivity index (χ1n) is 16.8. The number of rotatable bonds is 6. The molecule has 232 valence electrons. The van der Waals surface area contributed by atoms with Gasteiger partial charge in [0.05, 0.1) is 5.41 Å². The van der Waals surface area contributed by atoms with Crippen LogP contribution in [0.15, 0.2) is 176 Å². The smallest absolute Gasteiger partial charge is 0.164 e. The number of hydrogen-bond acceptors (Lipinski definition) is 4. The monoisotopic (exact) mass is 628 g/mol. The third-order valence-corrected chi connectivity index (χ3v) is 9.84. The van der Waals surface area contributed by atoms with E-state index >= 15 is 0 Å². The van der Waals surface area contributed by atoms with E-state index in [-0.39, 0.29) is 0 Å². The minimum atomic E-state index is -0.464. The van der Waals surface area contributed by atoms with Crippen LogP contribution in [0.25, 0.3) is 45.3 Å². The molecular weight excluding hydrogens is 597 g/mol. The standard InChI is InChI=1S/C45H32N4/c1-4-14-31(15-5-1)42-47-43(32-16-6-2-7-17-32)49-44(48-42)35-19-12-18-33(28-35)34-25-26-39-38-23-10-11-24-40(38)45(41(39)29-34,36-20-8-3-9-21-36)37-22-13-27-46-30-37/h1-24,27-30H,25-26H2. The molecule has 7 aromatic rings. The highest BCUT2D eigenvalue weighted by molar-refractivity contribution is 5.92. The first-order chi connectivity index (χ1) is 24.3. The Labute approximate surface area is 286 Å². The molecule has 5 aromatic carbocycles. The molecule has 0 saturated heterocycles. The molecule has 0 spiro atoms. The van der Waals surface area contributed by atoms with Crippen LogP contribution in [-0.4, -0.2) is 19.9 Å². The van der Waals surface area contributed by atoms with Gasteiger partial charge in [0.15, 0.2) is 17.5 Å². The fourth-order valence-corrected chi connectivity index (χ4v) is 7.65. The van der Waals surface area contributed by atoms with Crippen molar-refractivity contribution in [3.05, 3.63) is 204 Å². The molecule has 2 heterocycles. The Balaban J connectivity index is 1.20. The summed E-state index contributed by atoms with van der Waals surface area (Å²) in [4.78, 5) is 19.5. The number of pyridine rings is 1. The number of fused-ring (bicyclic) bond motifs is 2. The molecule has 1 atom stereocenters. The van der Waals surface area contributed by atoms with Gasteiger partial charge in [0, 0.05) is 29.1 Å². The molecule has 0 aliphatic heterocycles. The van der Waals surface area contributed by atoms with E-state index in [9.17, 15) is 0 Å². The van der Waals surface area contributed by atoms with Crippen LogP contribution in [-0.2, 0) is 5.41 Å². The number of allylic oxidation sites excluding steroid dienone is 4. The largest absolute Gasteiger partial charge is 0.264 e. The van der Waals surface area contributed by atoms with Gasteiger partial charge in [0.25, 0.3) is 0 Å². The van der Waals surface area contributed by atoms with Gasteiger partial charge in [-0.3, -0.25) is 4.98 Å². The van der Waals surface area contributed by atoms with Crippen LogP contribution in [0.1, 0.15) is 40.7 Å². The van der Waals surface area contributed by atoms with Crippen LogP contribution in [0.5, 0.6) is 0 Å². The first kappa shape index (κ1) is 28.9. The van der Waals surface area contributed by atoms with Gasteiger partial charge < -0.3 is 0 Å². The van der Waals surface area contributed by atoms with Crippen molar-refractivity contribution in [2.45, 2.75) is 18.3 Å². The van der Waals surface area contributed by atoms with Crippen LogP contribution >= 0.6 is 0 Å². The van der Waals surface area contributed by atoms with Gasteiger partial charge in [-0.1, -0.05) is 146 Å². The predicted molar refractivity (Wildman–Crippen MR) is 197 cm³/mol. The van der Waals surface area contributed by atoms with Gasteiger partial charge >= 0.3 is 0 Å². The lowest BCUT2D eigenvalue weighted by Gasteiger charge is -2.35. The van der Waals surface area contributed by atoms with Crippen molar-refractivity contribution >= 4 is 11.1 Å². The van der Waals surface area contributed by atoms with Gasteiger partial charge in [0.1, 0.15) is 0 Å². The summed E-state index contributed by atoms with van der Waals surface area (Å²) >= 11 is 0. The Bertz CT molecular complexity index is 2270. The van der Waals surface area contributed by atoms with E-state index in [0.717, 1.165) is 29.5 Å². The number of hydrogen-bond donors (Lipinski definition) is 0. The molecule has 4 heteroatoms. The molecule has 0 N–H and O–H groups in total. The highest BCUT2D eigenvalue weighted by Gasteiger charge is 2.47. The molecular formula is C45H32N4. The molecule has 0 fully saturated rings. The third kappa shape index (κ3) is 4.92. The van der Waals surface area contributed by atoms with E-state index in [4.69, 9.17) is 15.0 Å². The highest BCUT2D eigenvalue weighted by atomic mass is 15.0. The SMILES string of the molecule is C1=C(c2cccc(-c3nc(-c4ccccc4)nc(-c4ccccc4)n3)c2)CCC2=C1C(c1ccccc1)(c1cccnc1)c1ccccc12. The van der Waals surface area contributed by atoms with Gasteiger partial charge in [-0.05, 0) is 69.5 Å². The lowest BCUT2D eigenvalue weighted by Crippen LogP contribution is -2.30. The Morgan fingerprint density at radius 1 is 0.469 bits per heavy atom. The fourth-order valence-electron chi connectivity index (χ4n) is 7.65. The zero-order valence-electron chi connectivity index (χ0n) is 26.9. The van der Waals surface area contributed by atoms with Crippen LogP contribution in [0.2, 0.25) is 0 Å². The summed E-state index contributed by atoms with van der Waals surface area (Å²) in [5, 5.41) is 0. The second-order valence-corrected chi connectivity index (χ2v) is 12.6. The van der Waals surface area contributed by atoms with Gasteiger partial charge in [0.2, 0.25) is 0 Å². The van der Waals surface area contributed by atoms with E-state index in [1.807, 2.05) is 73.1 Å². The average Bonchev–Trinajstić information content (AvgIpc) is 3.49. The molecule has 0 radical (unpaired) electrons. The second-order valence-electron chi connectivity index (χ2n) is 12.6. The summed E-state index contributed by atoms with van der Waals surface area (Å²) in [6.07, 6.45) is 8.25. The Morgan fingerprint density at radius 2 is 1.04 bits per heavy atom. The van der Waals surface area contributed by atoms with Gasteiger partial charge in [-0.2, -0.15) is 0 Å². The van der Waals surface area contributed by atoms with E-state index in [0.29, 0.717) is 17.5 Å². The minimum Gasteiger partial charge on any atom is -0.264 e. The summed E-state index contributed by atoms with van der Waals surface area (Å²) in [7, 11) is 0. The Kier molecular flexibility index (Phi) is 7.13. The summed E-state index contributed by atoms with van der Waals surface area (Å²) < 4.78 is 0. The topological polar surface area (TPSA) is 51.6 Å².